The van der Waals surface area contributed by atoms with Crippen molar-refractivity contribution >= 4 is 27.8 Å². The zero-order chi connectivity index (χ0) is 18.5. The van der Waals surface area contributed by atoms with Crippen LogP contribution in [-0.4, -0.2) is 25.6 Å². The van der Waals surface area contributed by atoms with Crippen LogP contribution in [0.25, 0.3) is 0 Å². The van der Waals surface area contributed by atoms with Crippen LogP contribution >= 0.6 is 15.9 Å². The number of esters is 1. The number of amides is 1. The van der Waals surface area contributed by atoms with Gasteiger partial charge in [0.05, 0.1) is 18.7 Å². The second-order valence-electron chi connectivity index (χ2n) is 6.13. The molecule has 5 nitrogen and oxygen atoms in total. The third kappa shape index (κ3) is 4.25. The molecular weight excluding hydrogens is 398 g/mol. The number of nitrogens with one attached hydrogen (secondary N) is 1. The second kappa shape index (κ2) is 8.36. The Morgan fingerprint density at radius 1 is 1.23 bits per heavy atom. The summed E-state index contributed by atoms with van der Waals surface area (Å²) in [6, 6.07) is 13.1. The predicted molar refractivity (Wildman–Crippen MR) is 101 cm³/mol. The fraction of sp³-hybridized carbons (Fsp3) is 0.300. The van der Waals surface area contributed by atoms with Gasteiger partial charge in [-0.15, -0.1) is 0 Å². The molecule has 3 rings (SSSR count). The van der Waals surface area contributed by atoms with Gasteiger partial charge in [-0.3, -0.25) is 4.79 Å². The molecule has 0 heterocycles. The minimum Gasteiger partial charge on any atom is -0.497 e. The van der Waals surface area contributed by atoms with Crippen molar-refractivity contribution in [2.45, 2.75) is 25.3 Å². The van der Waals surface area contributed by atoms with Crippen molar-refractivity contribution in [1.82, 2.24) is 5.32 Å². The third-order valence-electron chi connectivity index (χ3n) is 4.43. The Bertz CT molecular complexity index is 821. The van der Waals surface area contributed by atoms with Crippen LogP contribution in [0.5, 0.6) is 5.75 Å². The summed E-state index contributed by atoms with van der Waals surface area (Å²) in [7, 11) is 1.52. The molecule has 136 valence electrons. The number of aryl methyl sites for hydroxylation is 1. The van der Waals surface area contributed by atoms with E-state index >= 15 is 0 Å². The Balaban J connectivity index is 1.59. The highest BCUT2D eigenvalue weighted by Gasteiger charge is 2.22. The number of ether oxygens (including phenoxy) is 2. The molecule has 6 heteroatoms. The topological polar surface area (TPSA) is 64.6 Å². The molecule has 0 bridgehead atoms. The van der Waals surface area contributed by atoms with E-state index in [0.29, 0.717) is 15.8 Å². The van der Waals surface area contributed by atoms with Gasteiger partial charge in [0.25, 0.3) is 5.91 Å². The van der Waals surface area contributed by atoms with Crippen molar-refractivity contribution < 1.29 is 19.1 Å². The monoisotopic (exact) mass is 417 g/mol. The van der Waals surface area contributed by atoms with Gasteiger partial charge in [0.2, 0.25) is 0 Å². The summed E-state index contributed by atoms with van der Waals surface area (Å²) in [6.07, 6.45) is 2.94. The molecule has 0 saturated carbocycles. The van der Waals surface area contributed by atoms with E-state index in [4.69, 9.17) is 9.47 Å². The lowest BCUT2D eigenvalue weighted by Crippen LogP contribution is -2.34. The van der Waals surface area contributed by atoms with Crippen LogP contribution in [0.4, 0.5) is 0 Å². The zero-order valence-electron chi connectivity index (χ0n) is 14.5. The van der Waals surface area contributed by atoms with E-state index < -0.39 is 5.97 Å². The Kier molecular flexibility index (Phi) is 5.93. The number of benzene rings is 2. The summed E-state index contributed by atoms with van der Waals surface area (Å²) in [6.45, 7) is -0.318. The van der Waals surface area contributed by atoms with Gasteiger partial charge in [-0.05, 0) is 64.5 Å². The SMILES string of the molecule is COc1ccc(Br)c(C(=O)OCC(=O)NC2CCCc3ccccc32)c1. The van der Waals surface area contributed by atoms with E-state index in [1.165, 1.54) is 12.7 Å². The predicted octanol–water partition coefficient (Wildman–Crippen LogP) is 3.81. The number of methoxy groups -OCH3 is 1. The van der Waals surface area contributed by atoms with Gasteiger partial charge in [0, 0.05) is 4.47 Å². The smallest absolute Gasteiger partial charge is 0.339 e. The van der Waals surface area contributed by atoms with Crippen molar-refractivity contribution in [3.8, 4) is 5.75 Å². The zero-order valence-corrected chi connectivity index (χ0v) is 16.0. The molecule has 0 aliphatic heterocycles. The summed E-state index contributed by atoms with van der Waals surface area (Å²) < 4.78 is 10.9. The maximum atomic E-state index is 12.2. The van der Waals surface area contributed by atoms with Gasteiger partial charge in [0.15, 0.2) is 6.61 Å². The first-order valence-electron chi connectivity index (χ1n) is 8.46. The van der Waals surface area contributed by atoms with Crippen LogP contribution in [0.1, 0.15) is 40.4 Å². The van der Waals surface area contributed by atoms with Crippen molar-refractivity contribution in [3.63, 3.8) is 0 Å². The fourth-order valence-corrected chi connectivity index (χ4v) is 3.54. The fourth-order valence-electron chi connectivity index (χ4n) is 3.14. The third-order valence-corrected chi connectivity index (χ3v) is 5.12. The highest BCUT2D eigenvalue weighted by atomic mass is 79.9. The van der Waals surface area contributed by atoms with Gasteiger partial charge >= 0.3 is 5.97 Å². The molecular formula is C20H20BrNO4. The molecule has 0 spiro atoms. The van der Waals surface area contributed by atoms with Crippen molar-refractivity contribution in [2.75, 3.05) is 13.7 Å². The first kappa shape index (κ1) is 18.5. The first-order chi connectivity index (χ1) is 12.6. The standard InChI is InChI=1S/C20H20BrNO4/c1-25-14-9-10-17(21)16(11-14)20(24)26-12-19(23)22-18-8-4-6-13-5-2-3-7-15(13)18/h2-3,5,7,9-11,18H,4,6,8,12H2,1H3,(H,22,23). The number of hydrogen-bond donors (Lipinski definition) is 1. The van der Waals surface area contributed by atoms with E-state index in [1.807, 2.05) is 18.2 Å². The lowest BCUT2D eigenvalue weighted by Gasteiger charge is -2.26. The van der Waals surface area contributed by atoms with E-state index in [9.17, 15) is 9.59 Å². The summed E-state index contributed by atoms with van der Waals surface area (Å²) in [4.78, 5) is 24.5. The highest BCUT2D eigenvalue weighted by molar-refractivity contribution is 9.10. The molecule has 1 N–H and O–H groups in total. The van der Waals surface area contributed by atoms with Gasteiger partial charge < -0.3 is 14.8 Å². The Morgan fingerprint density at radius 3 is 2.85 bits per heavy atom. The number of halogens is 1. The molecule has 0 radical (unpaired) electrons. The van der Waals surface area contributed by atoms with Crippen molar-refractivity contribution in [1.29, 1.82) is 0 Å². The number of hydrogen-bond acceptors (Lipinski definition) is 4. The maximum absolute atomic E-state index is 12.2. The lowest BCUT2D eigenvalue weighted by atomic mass is 9.88. The first-order valence-corrected chi connectivity index (χ1v) is 9.25. The molecule has 0 saturated heterocycles. The minimum atomic E-state index is -0.574. The van der Waals surface area contributed by atoms with Gasteiger partial charge in [-0.1, -0.05) is 24.3 Å². The summed E-state index contributed by atoms with van der Waals surface area (Å²) >= 11 is 3.31. The molecule has 0 fully saturated rings. The van der Waals surface area contributed by atoms with Crippen LogP contribution in [-0.2, 0) is 16.0 Å². The summed E-state index contributed by atoms with van der Waals surface area (Å²) in [5.41, 5.74) is 2.73. The number of fused-ring (bicyclic) bond motifs is 1. The molecule has 0 aromatic heterocycles. The van der Waals surface area contributed by atoms with E-state index in [2.05, 4.69) is 27.3 Å². The Hall–Kier alpha value is -2.34. The second-order valence-corrected chi connectivity index (χ2v) is 6.99. The quantitative estimate of drug-likeness (QED) is 0.751. The van der Waals surface area contributed by atoms with Crippen LogP contribution in [0.3, 0.4) is 0 Å². The number of rotatable bonds is 5. The number of carbonyl (C=O) groups excluding carboxylic acids is 2. The Morgan fingerprint density at radius 2 is 2.04 bits per heavy atom. The lowest BCUT2D eigenvalue weighted by molar-refractivity contribution is -0.125. The van der Waals surface area contributed by atoms with Crippen LogP contribution in [0.2, 0.25) is 0 Å². The van der Waals surface area contributed by atoms with E-state index in [-0.39, 0.29) is 18.6 Å². The molecule has 1 amide bonds. The van der Waals surface area contributed by atoms with Crippen LogP contribution < -0.4 is 10.1 Å². The molecule has 26 heavy (non-hydrogen) atoms. The average molecular weight is 418 g/mol. The molecule has 1 unspecified atom stereocenters. The van der Waals surface area contributed by atoms with Gasteiger partial charge in [0.1, 0.15) is 5.75 Å². The maximum Gasteiger partial charge on any atom is 0.339 e. The summed E-state index contributed by atoms with van der Waals surface area (Å²) in [5, 5.41) is 2.97. The molecule has 1 atom stereocenters. The van der Waals surface area contributed by atoms with Crippen molar-refractivity contribution in [2.24, 2.45) is 0 Å². The highest BCUT2D eigenvalue weighted by Crippen LogP contribution is 2.29. The van der Waals surface area contributed by atoms with Gasteiger partial charge in [-0.2, -0.15) is 0 Å². The van der Waals surface area contributed by atoms with E-state index in [0.717, 1.165) is 24.8 Å². The molecule has 2 aromatic carbocycles. The number of carbonyl (C=O) groups is 2. The normalized spacial score (nSPS) is 15.7. The molecule has 1 aliphatic rings. The summed E-state index contributed by atoms with van der Waals surface area (Å²) in [5.74, 6) is -0.336. The molecule has 2 aromatic rings. The Labute approximate surface area is 160 Å². The largest absolute Gasteiger partial charge is 0.497 e. The van der Waals surface area contributed by atoms with Gasteiger partial charge in [-0.25, -0.2) is 4.79 Å². The van der Waals surface area contributed by atoms with E-state index in [1.54, 1.807) is 18.2 Å². The minimum absolute atomic E-state index is 0.0327. The van der Waals surface area contributed by atoms with Crippen LogP contribution in [0.15, 0.2) is 46.9 Å². The van der Waals surface area contributed by atoms with Crippen LogP contribution in [0, 0.1) is 0 Å². The molecule has 1 aliphatic carbocycles. The average Bonchev–Trinajstić information content (AvgIpc) is 2.67. The van der Waals surface area contributed by atoms with Crippen molar-refractivity contribution in [3.05, 3.63) is 63.6 Å².